The van der Waals surface area contributed by atoms with Crippen molar-refractivity contribution in [3.8, 4) is 23.0 Å². The Balaban J connectivity index is 0.934. The van der Waals surface area contributed by atoms with Gasteiger partial charge in [0.1, 0.15) is 19.8 Å². The minimum Gasteiger partial charge on any atom is -0.493 e. The fourth-order valence-corrected chi connectivity index (χ4v) is 12.9. The maximum Gasteiger partial charge on any atom is 0.416 e. The minimum absolute atomic E-state index is 0.0331. The maximum atomic E-state index is 15.2. The molecule has 5 atom stereocenters. The molecule has 486 valence electrons. The fraction of sp³-hybridized carbons (Fsp3) is 0.478. The summed E-state index contributed by atoms with van der Waals surface area (Å²) in [4.78, 5) is 109. The number of ether oxygens (including phenoxy) is 7. The molecule has 1 unspecified atom stereocenters. The van der Waals surface area contributed by atoms with Gasteiger partial charge < -0.3 is 52.7 Å². The summed E-state index contributed by atoms with van der Waals surface area (Å²) < 4.78 is 48.7. The van der Waals surface area contributed by atoms with Crippen molar-refractivity contribution in [2.24, 2.45) is 17.3 Å². The number of aryl methyl sites for hydroxylation is 1. The predicted molar refractivity (Wildman–Crippen MR) is 345 cm³/mol. The molecular formula is C69H86N6O15Si. The van der Waals surface area contributed by atoms with E-state index in [0.717, 1.165) is 29.5 Å². The summed E-state index contributed by atoms with van der Waals surface area (Å²) in [5, 5.41) is 2.46. The average molecular weight is 1270 g/mol. The maximum absolute atomic E-state index is 15.2. The lowest BCUT2D eigenvalue weighted by Crippen LogP contribution is -2.58. The number of rotatable bonds is 25. The standard InChI is InChI=1S/C69H86N6O15Si/c1-14-25-87-61(77)33-50(42(3)4)62(78)71-44(6)56(76)29-45-19-22-48(70-37-45)40-89-67(82)75-54-35-60(58(84-11)32-52(54)64(80)74-41-69(23-24-69)36-55(74)65(75)90-91(12,13)68(7,8)9)86-28-16-27-85-59-34-53-51(31-57(59)83-10)63(79)72-38-47(46-20-17-43(5)18-21-46)30-49(72)39-73(53)66(81)88-26-15-2/h14-15,17-22,31-32,34-35,37-38,42,44,49-50,55,65H,1-2,16,23-30,33,36,39-41H2,3-13H3,(H,71,78)/t44-,49-,50-,55-,65?/m0/s1. The van der Waals surface area contributed by atoms with Crippen LogP contribution in [0.5, 0.6) is 23.0 Å². The normalized spacial score (nSPS) is 18.7. The van der Waals surface area contributed by atoms with Gasteiger partial charge in [0.15, 0.2) is 43.3 Å². The van der Waals surface area contributed by atoms with Gasteiger partial charge in [0.25, 0.3) is 11.8 Å². The van der Waals surface area contributed by atoms with Crippen molar-refractivity contribution >= 4 is 66.9 Å². The minimum atomic E-state index is -2.73. The van der Waals surface area contributed by atoms with E-state index in [-0.39, 0.29) is 132 Å². The Kier molecular flexibility index (Phi) is 20.5. The van der Waals surface area contributed by atoms with Crippen molar-refractivity contribution in [1.82, 2.24) is 20.1 Å². The Morgan fingerprint density at radius 2 is 1.45 bits per heavy atom. The number of ketones is 1. The molecule has 0 bridgehead atoms. The van der Waals surface area contributed by atoms with Crippen molar-refractivity contribution in [2.75, 3.05) is 63.5 Å². The van der Waals surface area contributed by atoms with Gasteiger partial charge in [0.2, 0.25) is 5.91 Å². The van der Waals surface area contributed by atoms with E-state index in [0.29, 0.717) is 42.8 Å². The molecule has 5 amide bonds. The summed E-state index contributed by atoms with van der Waals surface area (Å²) in [5.41, 5.74) is 4.87. The summed E-state index contributed by atoms with van der Waals surface area (Å²) in [6.07, 6.45) is 7.04. The summed E-state index contributed by atoms with van der Waals surface area (Å²) >= 11 is 0. The Hall–Kier alpha value is -8.50. The number of anilines is 2. The molecular weight excluding hydrogens is 1180 g/mol. The Labute approximate surface area is 534 Å². The molecule has 5 aliphatic rings. The third-order valence-corrected chi connectivity index (χ3v) is 22.7. The first-order valence-electron chi connectivity index (χ1n) is 31.1. The fourth-order valence-electron chi connectivity index (χ4n) is 11.7. The molecule has 1 saturated carbocycles. The monoisotopic (exact) mass is 1270 g/mol. The highest BCUT2D eigenvalue weighted by molar-refractivity contribution is 6.74. The molecule has 1 spiro atoms. The lowest BCUT2D eigenvalue weighted by molar-refractivity contribution is -0.146. The smallest absolute Gasteiger partial charge is 0.416 e. The molecule has 2 fully saturated rings. The van der Waals surface area contributed by atoms with Crippen LogP contribution in [0, 0.1) is 24.2 Å². The van der Waals surface area contributed by atoms with E-state index < -0.39 is 56.6 Å². The molecule has 1 aromatic heterocycles. The molecule has 21 nitrogen and oxygen atoms in total. The third-order valence-electron chi connectivity index (χ3n) is 18.2. The number of amides is 5. The number of carbonyl (C=O) groups excluding carboxylic acids is 7. The van der Waals surface area contributed by atoms with E-state index in [4.69, 9.17) is 37.6 Å². The lowest BCUT2D eigenvalue weighted by atomic mass is 9.91. The van der Waals surface area contributed by atoms with Crippen LogP contribution < -0.4 is 34.1 Å². The molecule has 91 heavy (non-hydrogen) atoms. The average Bonchev–Trinajstić information content (AvgIpc) is 1.59. The second-order valence-corrected chi connectivity index (χ2v) is 30.9. The van der Waals surface area contributed by atoms with Gasteiger partial charge in [0, 0.05) is 43.9 Å². The van der Waals surface area contributed by atoms with E-state index >= 15 is 9.59 Å². The molecule has 0 radical (unpaired) electrons. The Morgan fingerprint density at radius 1 is 0.813 bits per heavy atom. The highest BCUT2D eigenvalue weighted by Gasteiger charge is 2.60. The largest absolute Gasteiger partial charge is 0.493 e. The van der Waals surface area contributed by atoms with Crippen LogP contribution in [0.4, 0.5) is 21.0 Å². The number of fused-ring (bicyclic) bond motifs is 4. The van der Waals surface area contributed by atoms with E-state index in [2.05, 4.69) is 57.3 Å². The van der Waals surface area contributed by atoms with Gasteiger partial charge in [-0.15, -0.1) is 0 Å². The number of aromatic nitrogens is 1. The predicted octanol–water partition coefficient (Wildman–Crippen LogP) is 11.2. The lowest BCUT2D eigenvalue weighted by Gasteiger charge is -2.44. The molecule has 1 N–H and O–H groups in total. The highest BCUT2D eigenvalue weighted by atomic mass is 28.4. The zero-order valence-corrected chi connectivity index (χ0v) is 55.2. The van der Waals surface area contributed by atoms with Crippen LogP contribution in [-0.4, -0.2) is 143 Å². The van der Waals surface area contributed by atoms with E-state index in [9.17, 15) is 24.0 Å². The van der Waals surface area contributed by atoms with E-state index in [1.165, 1.54) is 42.4 Å². The SMILES string of the molecule is C=CCOC(=O)C[C@H](C(=O)N[C@@H](C)C(=O)Cc1ccc(COC(=O)N2c3cc(OCCCOc4cc5c(cc4OC)C(=O)N4C=C(c6ccc(C)cc6)C[C@H]4CN5C(=O)OCC=C)c(OC)cc3C(=O)N3CC4(CC4)C[C@H]3C2O[Si](C)(C)C(C)(C)C)nc1)C(C)C. The number of hydrogen-bond acceptors (Lipinski definition) is 16. The summed E-state index contributed by atoms with van der Waals surface area (Å²) in [6, 6.07) is 16.1. The van der Waals surface area contributed by atoms with Gasteiger partial charge in [0.05, 0.1) is 92.6 Å². The van der Waals surface area contributed by atoms with E-state index in [1.807, 2.05) is 56.1 Å². The molecule has 5 heterocycles. The van der Waals surface area contributed by atoms with Crippen molar-refractivity contribution in [3.05, 3.63) is 132 Å². The van der Waals surface area contributed by atoms with E-state index in [1.54, 1.807) is 48.2 Å². The van der Waals surface area contributed by atoms with Gasteiger partial charge in [-0.3, -0.25) is 33.9 Å². The number of nitrogens with zero attached hydrogens (tertiary/aromatic N) is 5. The van der Waals surface area contributed by atoms with Crippen LogP contribution in [0.15, 0.2) is 98.4 Å². The molecule has 9 rings (SSSR count). The van der Waals surface area contributed by atoms with Gasteiger partial charge in [-0.05, 0) is 104 Å². The third kappa shape index (κ3) is 15.0. The van der Waals surface area contributed by atoms with Crippen molar-refractivity contribution in [1.29, 1.82) is 0 Å². The number of hydrogen-bond donors (Lipinski definition) is 1. The van der Waals surface area contributed by atoms with Crippen LogP contribution in [0.25, 0.3) is 5.57 Å². The van der Waals surface area contributed by atoms with Crippen molar-refractivity contribution in [3.63, 3.8) is 0 Å². The van der Waals surface area contributed by atoms with Gasteiger partial charge in [-0.2, -0.15) is 0 Å². The molecule has 3 aromatic carbocycles. The molecule has 1 aliphatic carbocycles. The zero-order chi connectivity index (χ0) is 65.7. The van der Waals surface area contributed by atoms with Crippen LogP contribution in [0.2, 0.25) is 18.1 Å². The van der Waals surface area contributed by atoms with Crippen LogP contribution in [-0.2, 0) is 46.0 Å². The quantitative estimate of drug-likeness (QED) is 0.0214. The number of esters is 1. The van der Waals surface area contributed by atoms with Gasteiger partial charge in [-0.25, -0.2) is 14.5 Å². The first-order valence-corrected chi connectivity index (χ1v) is 34.0. The van der Waals surface area contributed by atoms with Crippen LogP contribution >= 0.6 is 0 Å². The van der Waals surface area contributed by atoms with Crippen molar-refractivity contribution in [2.45, 2.75) is 143 Å². The first-order chi connectivity index (χ1) is 43.3. The van der Waals surface area contributed by atoms with Crippen molar-refractivity contribution < 1.29 is 71.1 Å². The topological polar surface area (TPSA) is 231 Å². The molecule has 4 aromatic rings. The Bertz CT molecular complexity index is 3470. The first kappa shape index (κ1) is 66.9. The van der Waals surface area contributed by atoms with Crippen LogP contribution in [0.1, 0.15) is 123 Å². The number of pyridine rings is 1. The number of Topliss-reactive ketones (excluding diaryl/α,β-unsaturated/α-hetero) is 1. The second-order valence-electron chi connectivity index (χ2n) is 26.1. The number of nitrogens with one attached hydrogen (secondary N) is 1. The zero-order valence-electron chi connectivity index (χ0n) is 54.2. The second kappa shape index (κ2) is 27.9. The Morgan fingerprint density at radius 3 is 2.04 bits per heavy atom. The molecule has 1 saturated heterocycles. The summed E-state index contributed by atoms with van der Waals surface area (Å²) in [6.45, 7) is 25.6. The highest BCUT2D eigenvalue weighted by Crippen LogP contribution is 2.58. The van der Waals surface area contributed by atoms with Gasteiger partial charge in [-0.1, -0.05) is 95.8 Å². The van der Waals surface area contributed by atoms with Gasteiger partial charge >= 0.3 is 18.2 Å². The molecule has 4 aliphatic heterocycles. The molecule has 22 heteroatoms. The number of carbonyl (C=O) groups is 7. The summed E-state index contributed by atoms with van der Waals surface area (Å²) in [7, 11) is 0.225. The van der Waals surface area contributed by atoms with Crippen LogP contribution in [0.3, 0.4) is 0 Å². The number of benzene rings is 3. The number of methoxy groups -OCH3 is 2. The summed E-state index contributed by atoms with van der Waals surface area (Å²) in [5.74, 6) is -1.69.